The van der Waals surface area contributed by atoms with Gasteiger partial charge in [-0.2, -0.15) is 0 Å². The monoisotopic (exact) mass is 313 g/mol. The van der Waals surface area contributed by atoms with Gasteiger partial charge in [-0.05, 0) is 55.3 Å². The first-order chi connectivity index (χ1) is 10.6. The molecule has 0 bridgehead atoms. The van der Waals surface area contributed by atoms with E-state index in [4.69, 9.17) is 16.0 Å². The van der Waals surface area contributed by atoms with E-state index in [0.29, 0.717) is 23.3 Å². The molecular formula is C17H16ClN3O. The summed E-state index contributed by atoms with van der Waals surface area (Å²) in [5, 5.41) is 12.1. The molecule has 3 rings (SSSR count). The Kier molecular flexibility index (Phi) is 4.11. The number of rotatable bonds is 4. The van der Waals surface area contributed by atoms with Crippen molar-refractivity contribution in [2.75, 3.05) is 5.32 Å². The molecule has 2 aromatic carbocycles. The summed E-state index contributed by atoms with van der Waals surface area (Å²) in [5.74, 6) is 1.04. The third-order valence-electron chi connectivity index (χ3n) is 3.59. The first-order valence-electron chi connectivity index (χ1n) is 7.02. The minimum absolute atomic E-state index is 0.491. The number of aromatic nitrogens is 2. The van der Waals surface area contributed by atoms with E-state index in [1.54, 1.807) is 12.1 Å². The molecule has 0 spiro atoms. The second kappa shape index (κ2) is 6.20. The Hall–Kier alpha value is -2.33. The highest BCUT2D eigenvalue weighted by Gasteiger charge is 2.09. The lowest BCUT2D eigenvalue weighted by molar-refractivity contribution is 0.515. The summed E-state index contributed by atoms with van der Waals surface area (Å²) in [6, 6.07) is 13.5. The van der Waals surface area contributed by atoms with Crippen LogP contribution in [0.3, 0.4) is 0 Å². The van der Waals surface area contributed by atoms with Crippen molar-refractivity contribution >= 4 is 17.3 Å². The molecule has 4 nitrogen and oxygen atoms in total. The first kappa shape index (κ1) is 14.6. The lowest BCUT2D eigenvalue weighted by Crippen LogP contribution is -2.02. The van der Waals surface area contributed by atoms with Crippen LogP contribution in [0.25, 0.3) is 11.5 Å². The van der Waals surface area contributed by atoms with E-state index < -0.39 is 0 Å². The van der Waals surface area contributed by atoms with Gasteiger partial charge in [0.15, 0.2) is 0 Å². The van der Waals surface area contributed by atoms with Crippen LogP contribution in [0.4, 0.5) is 5.69 Å². The summed E-state index contributed by atoms with van der Waals surface area (Å²) in [6.45, 7) is 4.67. The largest absolute Gasteiger partial charge is 0.419 e. The number of halogens is 1. The first-order valence-corrected chi connectivity index (χ1v) is 7.39. The molecule has 0 aliphatic rings. The predicted octanol–water partition coefficient (Wildman–Crippen LogP) is 4.62. The van der Waals surface area contributed by atoms with Gasteiger partial charge in [-0.15, -0.1) is 10.2 Å². The normalized spacial score (nSPS) is 10.7. The van der Waals surface area contributed by atoms with E-state index in [9.17, 15) is 0 Å². The van der Waals surface area contributed by atoms with Gasteiger partial charge < -0.3 is 9.73 Å². The molecule has 0 aliphatic heterocycles. The van der Waals surface area contributed by atoms with Gasteiger partial charge in [0, 0.05) is 16.3 Å². The van der Waals surface area contributed by atoms with Gasteiger partial charge >= 0.3 is 0 Å². The maximum Gasteiger partial charge on any atom is 0.247 e. The second-order valence-corrected chi connectivity index (χ2v) is 5.55. The number of anilines is 1. The van der Waals surface area contributed by atoms with Crippen molar-refractivity contribution in [1.82, 2.24) is 10.2 Å². The molecule has 0 saturated heterocycles. The van der Waals surface area contributed by atoms with Crippen molar-refractivity contribution in [3.05, 3.63) is 64.5 Å². The minimum atomic E-state index is 0.491. The Balaban J connectivity index is 1.72. The highest BCUT2D eigenvalue weighted by molar-refractivity contribution is 6.30. The number of hydrogen-bond acceptors (Lipinski definition) is 4. The molecule has 0 unspecified atom stereocenters. The van der Waals surface area contributed by atoms with E-state index in [2.05, 4.69) is 35.4 Å². The number of benzene rings is 2. The minimum Gasteiger partial charge on any atom is -0.419 e. The van der Waals surface area contributed by atoms with Crippen molar-refractivity contribution in [3.63, 3.8) is 0 Å². The summed E-state index contributed by atoms with van der Waals surface area (Å²) in [7, 11) is 0. The Morgan fingerprint density at radius 2 is 1.82 bits per heavy atom. The SMILES string of the molecule is Cc1cccc(NCc2nnc(-c3ccc(Cl)cc3)o2)c1C. The van der Waals surface area contributed by atoms with Crippen LogP contribution in [-0.4, -0.2) is 10.2 Å². The number of nitrogens with zero attached hydrogens (tertiary/aromatic N) is 2. The highest BCUT2D eigenvalue weighted by Crippen LogP contribution is 2.22. The van der Waals surface area contributed by atoms with Gasteiger partial charge in [0.2, 0.25) is 11.8 Å². The maximum absolute atomic E-state index is 5.87. The van der Waals surface area contributed by atoms with Gasteiger partial charge in [-0.25, -0.2) is 0 Å². The van der Waals surface area contributed by atoms with Crippen LogP contribution in [0, 0.1) is 13.8 Å². The molecule has 5 heteroatoms. The number of hydrogen-bond donors (Lipinski definition) is 1. The molecule has 1 heterocycles. The molecule has 1 aromatic heterocycles. The molecule has 0 aliphatic carbocycles. The van der Waals surface area contributed by atoms with Crippen LogP contribution in [0.15, 0.2) is 46.9 Å². The second-order valence-electron chi connectivity index (χ2n) is 5.11. The average molecular weight is 314 g/mol. The molecule has 22 heavy (non-hydrogen) atoms. The van der Waals surface area contributed by atoms with Crippen LogP contribution in [0.2, 0.25) is 5.02 Å². The zero-order valence-electron chi connectivity index (χ0n) is 12.4. The van der Waals surface area contributed by atoms with E-state index in [-0.39, 0.29) is 0 Å². The topological polar surface area (TPSA) is 51.0 Å². The Bertz CT molecular complexity index is 781. The summed E-state index contributed by atoms with van der Waals surface area (Å²) < 4.78 is 5.67. The number of aryl methyl sites for hydroxylation is 1. The van der Waals surface area contributed by atoms with Crippen molar-refractivity contribution in [1.29, 1.82) is 0 Å². The summed E-state index contributed by atoms with van der Waals surface area (Å²) in [6.07, 6.45) is 0. The lowest BCUT2D eigenvalue weighted by atomic mass is 10.1. The summed E-state index contributed by atoms with van der Waals surface area (Å²) >= 11 is 5.87. The standard InChI is InChI=1S/C17H16ClN3O/c1-11-4-3-5-15(12(11)2)19-10-16-20-21-17(22-16)13-6-8-14(18)9-7-13/h3-9,19H,10H2,1-2H3. The lowest BCUT2D eigenvalue weighted by Gasteiger charge is -2.09. The quantitative estimate of drug-likeness (QED) is 0.763. The molecule has 1 N–H and O–H groups in total. The average Bonchev–Trinajstić information content (AvgIpc) is 2.98. The fourth-order valence-corrected chi connectivity index (χ4v) is 2.27. The Morgan fingerprint density at radius 3 is 2.59 bits per heavy atom. The van der Waals surface area contributed by atoms with Crippen LogP contribution in [-0.2, 0) is 6.54 Å². The van der Waals surface area contributed by atoms with Crippen LogP contribution in [0.5, 0.6) is 0 Å². The van der Waals surface area contributed by atoms with E-state index >= 15 is 0 Å². The predicted molar refractivity (Wildman–Crippen MR) is 88.0 cm³/mol. The third-order valence-corrected chi connectivity index (χ3v) is 3.84. The smallest absolute Gasteiger partial charge is 0.247 e. The zero-order valence-corrected chi connectivity index (χ0v) is 13.2. The van der Waals surface area contributed by atoms with Crippen molar-refractivity contribution < 1.29 is 4.42 Å². The van der Waals surface area contributed by atoms with Gasteiger partial charge in [0.25, 0.3) is 0 Å². The van der Waals surface area contributed by atoms with Crippen molar-refractivity contribution in [2.24, 2.45) is 0 Å². The fourth-order valence-electron chi connectivity index (χ4n) is 2.15. The molecule has 112 valence electrons. The van der Waals surface area contributed by atoms with Crippen LogP contribution < -0.4 is 5.32 Å². The van der Waals surface area contributed by atoms with Crippen molar-refractivity contribution in [2.45, 2.75) is 20.4 Å². The summed E-state index contributed by atoms with van der Waals surface area (Å²) in [5.41, 5.74) is 4.40. The molecule has 0 amide bonds. The Labute approximate surface area is 134 Å². The van der Waals surface area contributed by atoms with Gasteiger partial charge in [-0.1, -0.05) is 23.7 Å². The highest BCUT2D eigenvalue weighted by atomic mass is 35.5. The maximum atomic E-state index is 5.87. The number of nitrogens with one attached hydrogen (secondary N) is 1. The van der Waals surface area contributed by atoms with E-state index in [1.165, 1.54) is 11.1 Å². The van der Waals surface area contributed by atoms with Gasteiger partial charge in [0.05, 0.1) is 6.54 Å². The molecule has 0 fully saturated rings. The molecule has 0 saturated carbocycles. The summed E-state index contributed by atoms with van der Waals surface area (Å²) in [4.78, 5) is 0. The van der Waals surface area contributed by atoms with Gasteiger partial charge in [-0.3, -0.25) is 0 Å². The molecule has 0 radical (unpaired) electrons. The molecular weight excluding hydrogens is 298 g/mol. The van der Waals surface area contributed by atoms with Crippen molar-refractivity contribution in [3.8, 4) is 11.5 Å². The van der Waals surface area contributed by atoms with Gasteiger partial charge in [0.1, 0.15) is 0 Å². The molecule has 0 atom stereocenters. The molecule has 3 aromatic rings. The van der Waals surface area contributed by atoms with Crippen LogP contribution in [0.1, 0.15) is 17.0 Å². The van der Waals surface area contributed by atoms with E-state index in [0.717, 1.165) is 11.3 Å². The third kappa shape index (κ3) is 3.12. The van der Waals surface area contributed by atoms with E-state index in [1.807, 2.05) is 24.3 Å². The fraction of sp³-hybridized carbons (Fsp3) is 0.176. The van der Waals surface area contributed by atoms with Crippen LogP contribution >= 0.6 is 11.6 Å². The Morgan fingerprint density at radius 1 is 1.05 bits per heavy atom. The zero-order chi connectivity index (χ0) is 15.5.